The number of rotatable bonds is 7. The first-order chi connectivity index (χ1) is 13.2. The zero-order valence-electron chi connectivity index (χ0n) is 15.2. The number of benzene rings is 3. The molecule has 3 aromatic rings. The Morgan fingerprint density at radius 1 is 0.852 bits per heavy atom. The van der Waals surface area contributed by atoms with E-state index in [1.165, 1.54) is 0 Å². The monoisotopic (exact) mass is 361 g/mol. The summed E-state index contributed by atoms with van der Waals surface area (Å²) in [5, 5.41) is 13.3. The Morgan fingerprint density at radius 3 is 1.85 bits per heavy atom. The van der Waals surface area contributed by atoms with E-state index in [0.29, 0.717) is 0 Å². The van der Waals surface area contributed by atoms with E-state index >= 15 is 0 Å². The number of aliphatic hydroxyl groups excluding tert-OH is 1. The lowest BCUT2D eigenvalue weighted by Gasteiger charge is -2.19. The van der Waals surface area contributed by atoms with Crippen LogP contribution in [-0.4, -0.2) is 24.7 Å². The standard InChI is InChI=1S/C23H23NO3/c1-27-20-14-12-17(13-15-20)21(25)16-24-23(26)22(18-8-4-2-5-9-18)19-10-6-3-7-11-19/h2-15,21-22,25H,16H2,1H3,(H,24,26). The number of aliphatic hydroxyl groups is 1. The van der Waals surface area contributed by atoms with Crippen LogP contribution in [0.1, 0.15) is 28.7 Å². The van der Waals surface area contributed by atoms with Crippen molar-refractivity contribution in [1.29, 1.82) is 0 Å². The van der Waals surface area contributed by atoms with E-state index in [1.54, 1.807) is 31.4 Å². The average molecular weight is 361 g/mol. The molecule has 0 saturated heterocycles. The summed E-state index contributed by atoms with van der Waals surface area (Å²) in [6, 6.07) is 26.5. The molecule has 2 N–H and O–H groups in total. The first-order valence-corrected chi connectivity index (χ1v) is 8.88. The molecule has 0 heterocycles. The van der Waals surface area contributed by atoms with Gasteiger partial charge < -0.3 is 15.2 Å². The summed E-state index contributed by atoms with van der Waals surface area (Å²) in [7, 11) is 1.60. The summed E-state index contributed by atoms with van der Waals surface area (Å²) in [6.07, 6.45) is -0.785. The highest BCUT2D eigenvalue weighted by Gasteiger charge is 2.23. The van der Waals surface area contributed by atoms with Crippen molar-refractivity contribution in [3.8, 4) is 5.75 Å². The van der Waals surface area contributed by atoms with E-state index in [-0.39, 0.29) is 12.5 Å². The van der Waals surface area contributed by atoms with Crippen molar-refractivity contribution in [2.75, 3.05) is 13.7 Å². The molecular formula is C23H23NO3. The maximum Gasteiger partial charge on any atom is 0.232 e. The van der Waals surface area contributed by atoms with E-state index in [2.05, 4.69) is 5.32 Å². The van der Waals surface area contributed by atoms with Crippen molar-refractivity contribution in [2.24, 2.45) is 0 Å². The largest absolute Gasteiger partial charge is 0.497 e. The Kier molecular flexibility index (Phi) is 6.23. The molecule has 138 valence electrons. The molecule has 0 radical (unpaired) electrons. The number of methoxy groups -OCH3 is 1. The van der Waals surface area contributed by atoms with Crippen LogP contribution in [0.15, 0.2) is 84.9 Å². The molecule has 0 fully saturated rings. The van der Waals surface area contributed by atoms with E-state index in [1.807, 2.05) is 60.7 Å². The molecule has 0 spiro atoms. The van der Waals surface area contributed by atoms with Gasteiger partial charge in [-0.25, -0.2) is 0 Å². The van der Waals surface area contributed by atoms with Gasteiger partial charge >= 0.3 is 0 Å². The minimum Gasteiger partial charge on any atom is -0.497 e. The van der Waals surface area contributed by atoms with E-state index < -0.39 is 12.0 Å². The van der Waals surface area contributed by atoms with Crippen molar-refractivity contribution in [3.05, 3.63) is 102 Å². The molecule has 3 aromatic carbocycles. The normalized spacial score (nSPS) is 11.8. The van der Waals surface area contributed by atoms with Crippen LogP contribution in [0.4, 0.5) is 0 Å². The van der Waals surface area contributed by atoms with Crippen molar-refractivity contribution in [3.63, 3.8) is 0 Å². The zero-order valence-corrected chi connectivity index (χ0v) is 15.2. The highest BCUT2D eigenvalue weighted by molar-refractivity contribution is 5.87. The van der Waals surface area contributed by atoms with Crippen molar-refractivity contribution in [1.82, 2.24) is 5.32 Å². The topological polar surface area (TPSA) is 58.6 Å². The van der Waals surface area contributed by atoms with Crippen LogP contribution < -0.4 is 10.1 Å². The minimum absolute atomic E-state index is 0.139. The van der Waals surface area contributed by atoms with Crippen LogP contribution in [0, 0.1) is 0 Å². The first kappa shape index (κ1) is 18.7. The number of hydrogen-bond acceptors (Lipinski definition) is 3. The number of ether oxygens (including phenoxy) is 1. The summed E-state index contributed by atoms with van der Waals surface area (Å²) in [5.41, 5.74) is 2.56. The second-order valence-electron chi connectivity index (χ2n) is 6.29. The van der Waals surface area contributed by atoms with Gasteiger partial charge in [-0.3, -0.25) is 4.79 Å². The smallest absolute Gasteiger partial charge is 0.232 e. The van der Waals surface area contributed by atoms with Crippen LogP contribution in [0.2, 0.25) is 0 Å². The third-order valence-corrected chi connectivity index (χ3v) is 4.50. The highest BCUT2D eigenvalue weighted by Crippen LogP contribution is 2.25. The van der Waals surface area contributed by atoms with Gasteiger partial charge in [-0.05, 0) is 28.8 Å². The highest BCUT2D eigenvalue weighted by atomic mass is 16.5. The third-order valence-electron chi connectivity index (χ3n) is 4.50. The van der Waals surface area contributed by atoms with E-state index in [0.717, 1.165) is 22.4 Å². The molecule has 4 heteroatoms. The predicted molar refractivity (Wildman–Crippen MR) is 106 cm³/mol. The molecule has 0 saturated carbocycles. The maximum absolute atomic E-state index is 12.9. The molecule has 3 rings (SSSR count). The Balaban J connectivity index is 1.73. The molecule has 4 nitrogen and oxygen atoms in total. The van der Waals surface area contributed by atoms with Crippen molar-refractivity contribution >= 4 is 5.91 Å². The summed E-state index contributed by atoms with van der Waals surface area (Å²) >= 11 is 0. The Bertz CT molecular complexity index is 808. The second kappa shape index (κ2) is 9.01. The van der Waals surface area contributed by atoms with Crippen LogP contribution in [-0.2, 0) is 4.79 Å². The van der Waals surface area contributed by atoms with Crippen LogP contribution in [0.25, 0.3) is 0 Å². The molecular weight excluding hydrogens is 338 g/mol. The van der Waals surface area contributed by atoms with Gasteiger partial charge in [-0.1, -0.05) is 72.8 Å². The molecule has 0 aliphatic rings. The molecule has 1 atom stereocenters. The fraction of sp³-hybridized carbons (Fsp3) is 0.174. The average Bonchev–Trinajstić information content (AvgIpc) is 2.74. The summed E-state index contributed by atoms with van der Waals surface area (Å²) in [4.78, 5) is 12.9. The van der Waals surface area contributed by atoms with Crippen LogP contribution >= 0.6 is 0 Å². The molecule has 0 bridgehead atoms. The number of carbonyl (C=O) groups excluding carboxylic acids is 1. The fourth-order valence-corrected chi connectivity index (χ4v) is 3.03. The lowest BCUT2D eigenvalue weighted by Crippen LogP contribution is -2.33. The number of nitrogens with one attached hydrogen (secondary N) is 1. The van der Waals surface area contributed by atoms with E-state index in [9.17, 15) is 9.90 Å². The minimum atomic E-state index is -0.785. The summed E-state index contributed by atoms with van der Waals surface area (Å²) < 4.78 is 5.13. The molecule has 27 heavy (non-hydrogen) atoms. The van der Waals surface area contributed by atoms with Gasteiger partial charge in [0.05, 0.1) is 19.1 Å². The van der Waals surface area contributed by atoms with Crippen LogP contribution in [0.5, 0.6) is 5.75 Å². The number of amides is 1. The Morgan fingerprint density at radius 2 is 1.37 bits per heavy atom. The molecule has 0 aliphatic carbocycles. The van der Waals surface area contributed by atoms with E-state index in [4.69, 9.17) is 4.74 Å². The van der Waals surface area contributed by atoms with Gasteiger partial charge in [0.25, 0.3) is 0 Å². The third kappa shape index (κ3) is 4.74. The van der Waals surface area contributed by atoms with Crippen LogP contribution in [0.3, 0.4) is 0 Å². The maximum atomic E-state index is 12.9. The van der Waals surface area contributed by atoms with Gasteiger partial charge in [0.2, 0.25) is 5.91 Å². The summed E-state index contributed by atoms with van der Waals surface area (Å²) in [6.45, 7) is 0.140. The predicted octanol–water partition coefficient (Wildman–Crippen LogP) is 3.68. The molecule has 0 aromatic heterocycles. The SMILES string of the molecule is COc1ccc(C(O)CNC(=O)C(c2ccccc2)c2ccccc2)cc1. The van der Waals surface area contributed by atoms with Crippen molar-refractivity contribution in [2.45, 2.75) is 12.0 Å². The Labute approximate surface area is 159 Å². The Hall–Kier alpha value is -3.11. The lowest BCUT2D eigenvalue weighted by atomic mass is 9.90. The lowest BCUT2D eigenvalue weighted by molar-refractivity contribution is -0.122. The van der Waals surface area contributed by atoms with Gasteiger partial charge in [0, 0.05) is 6.54 Å². The fourth-order valence-electron chi connectivity index (χ4n) is 3.03. The van der Waals surface area contributed by atoms with Crippen molar-refractivity contribution < 1.29 is 14.6 Å². The second-order valence-corrected chi connectivity index (χ2v) is 6.29. The zero-order chi connectivity index (χ0) is 19.1. The van der Waals surface area contributed by atoms with Gasteiger partial charge in [-0.2, -0.15) is 0 Å². The molecule has 1 amide bonds. The number of hydrogen-bond donors (Lipinski definition) is 2. The van der Waals surface area contributed by atoms with Gasteiger partial charge in [0.15, 0.2) is 0 Å². The van der Waals surface area contributed by atoms with Gasteiger partial charge in [0.1, 0.15) is 5.75 Å². The summed E-state index contributed by atoms with van der Waals surface area (Å²) in [5.74, 6) is 0.165. The van der Waals surface area contributed by atoms with Gasteiger partial charge in [-0.15, -0.1) is 0 Å². The quantitative estimate of drug-likeness (QED) is 0.675. The molecule has 0 aliphatic heterocycles. The molecule has 1 unspecified atom stereocenters. The first-order valence-electron chi connectivity index (χ1n) is 8.88. The number of carbonyl (C=O) groups is 1.